The van der Waals surface area contributed by atoms with Crippen LogP contribution in [0.2, 0.25) is 15.1 Å². The molecular weight excluding hydrogens is 355 g/mol. The summed E-state index contributed by atoms with van der Waals surface area (Å²) in [4.78, 5) is 12.4. The van der Waals surface area contributed by atoms with E-state index in [1.165, 1.54) is 0 Å². The fraction of sp³-hybridized carbons (Fsp3) is 0.235. The topological polar surface area (TPSA) is 45.7 Å². The molecule has 0 aliphatic heterocycles. The van der Waals surface area contributed by atoms with Gasteiger partial charge in [-0.25, -0.2) is 0 Å². The van der Waals surface area contributed by atoms with Gasteiger partial charge in [-0.2, -0.15) is 0 Å². The third kappa shape index (κ3) is 4.85. The summed E-state index contributed by atoms with van der Waals surface area (Å²) in [5.74, 6) is -0.145. The van der Waals surface area contributed by atoms with Crippen LogP contribution in [0.3, 0.4) is 0 Å². The zero-order valence-electron chi connectivity index (χ0n) is 12.8. The van der Waals surface area contributed by atoms with Crippen molar-refractivity contribution in [2.45, 2.75) is 25.9 Å². The van der Waals surface area contributed by atoms with Gasteiger partial charge in [0.05, 0.1) is 10.7 Å². The first-order valence-corrected chi connectivity index (χ1v) is 8.37. The molecule has 0 aliphatic carbocycles. The minimum absolute atomic E-state index is 0.0549. The van der Waals surface area contributed by atoms with Gasteiger partial charge < -0.3 is 10.6 Å². The van der Waals surface area contributed by atoms with Crippen molar-refractivity contribution >= 4 is 46.4 Å². The number of benzene rings is 2. The minimum atomic E-state index is -0.309. The maximum Gasteiger partial charge on any atom is 0.282 e. The van der Waals surface area contributed by atoms with Crippen molar-refractivity contribution in [3.63, 3.8) is 0 Å². The summed E-state index contributed by atoms with van der Waals surface area (Å²) in [5.41, 5.74) is 1.50. The molecule has 3 nitrogen and oxygen atoms in total. The molecule has 0 unspecified atom stereocenters. The number of amides is 1. The SMILES string of the molecule is C[C@H]([NH2+][C@@H](C)c1ccccc1Cl)C(=O)Nc1cc(Cl)ccc1Cl. The van der Waals surface area contributed by atoms with Crippen LogP contribution in [0.15, 0.2) is 42.5 Å². The molecule has 0 saturated carbocycles. The van der Waals surface area contributed by atoms with Crippen LogP contribution in [0.4, 0.5) is 5.69 Å². The van der Waals surface area contributed by atoms with Gasteiger partial charge in [-0.1, -0.05) is 53.0 Å². The van der Waals surface area contributed by atoms with E-state index in [-0.39, 0.29) is 18.0 Å². The van der Waals surface area contributed by atoms with Gasteiger partial charge in [0.1, 0.15) is 6.04 Å². The molecule has 2 atom stereocenters. The molecule has 0 aliphatic rings. The Hall–Kier alpha value is -1.26. The third-order valence-electron chi connectivity index (χ3n) is 3.57. The second-order valence-corrected chi connectivity index (χ2v) is 6.66. The number of nitrogens with one attached hydrogen (secondary N) is 1. The summed E-state index contributed by atoms with van der Waals surface area (Å²) < 4.78 is 0. The molecule has 3 N–H and O–H groups in total. The van der Waals surface area contributed by atoms with E-state index in [0.29, 0.717) is 20.8 Å². The van der Waals surface area contributed by atoms with Crippen LogP contribution in [-0.2, 0) is 4.79 Å². The van der Waals surface area contributed by atoms with Crippen LogP contribution >= 0.6 is 34.8 Å². The molecule has 23 heavy (non-hydrogen) atoms. The van der Waals surface area contributed by atoms with Crippen LogP contribution in [-0.4, -0.2) is 11.9 Å². The molecule has 0 saturated heterocycles. The summed E-state index contributed by atoms with van der Waals surface area (Å²) in [6.07, 6.45) is 0. The van der Waals surface area contributed by atoms with E-state index in [2.05, 4.69) is 5.32 Å². The van der Waals surface area contributed by atoms with Crippen molar-refractivity contribution < 1.29 is 10.1 Å². The molecule has 0 aromatic heterocycles. The first kappa shape index (κ1) is 18.1. The van der Waals surface area contributed by atoms with E-state index >= 15 is 0 Å². The second kappa shape index (κ2) is 8.02. The summed E-state index contributed by atoms with van der Waals surface area (Å²) >= 11 is 18.2. The van der Waals surface area contributed by atoms with Crippen LogP contribution in [0.1, 0.15) is 25.5 Å². The number of hydrogen-bond acceptors (Lipinski definition) is 1. The van der Waals surface area contributed by atoms with Crippen LogP contribution < -0.4 is 10.6 Å². The maximum atomic E-state index is 12.4. The van der Waals surface area contributed by atoms with E-state index < -0.39 is 0 Å². The third-order valence-corrected chi connectivity index (χ3v) is 4.48. The molecule has 2 aromatic carbocycles. The number of halogens is 3. The normalized spacial score (nSPS) is 13.4. The number of carbonyl (C=O) groups is 1. The average molecular weight is 373 g/mol. The van der Waals surface area contributed by atoms with Crippen molar-refractivity contribution in [2.75, 3.05) is 5.32 Å². The number of rotatable bonds is 5. The number of anilines is 1. The van der Waals surface area contributed by atoms with Crippen molar-refractivity contribution in [3.05, 3.63) is 63.1 Å². The lowest BCUT2D eigenvalue weighted by molar-refractivity contribution is -0.709. The van der Waals surface area contributed by atoms with Gasteiger partial charge >= 0.3 is 0 Å². The lowest BCUT2D eigenvalue weighted by Gasteiger charge is -2.18. The van der Waals surface area contributed by atoms with E-state index in [1.807, 2.05) is 43.4 Å². The Morgan fingerprint density at radius 1 is 1.04 bits per heavy atom. The Morgan fingerprint density at radius 3 is 2.43 bits per heavy atom. The van der Waals surface area contributed by atoms with Gasteiger partial charge in [0, 0.05) is 15.6 Å². The van der Waals surface area contributed by atoms with Crippen molar-refractivity contribution in [1.29, 1.82) is 0 Å². The quantitative estimate of drug-likeness (QED) is 0.807. The van der Waals surface area contributed by atoms with Crippen molar-refractivity contribution in [1.82, 2.24) is 0 Å². The molecule has 0 heterocycles. The average Bonchev–Trinajstić information content (AvgIpc) is 2.51. The minimum Gasteiger partial charge on any atom is -0.330 e. The highest BCUT2D eigenvalue weighted by atomic mass is 35.5. The predicted octanol–water partition coefficient (Wildman–Crippen LogP) is 4.30. The van der Waals surface area contributed by atoms with Crippen LogP contribution in [0, 0.1) is 0 Å². The van der Waals surface area contributed by atoms with Gasteiger partial charge in [-0.05, 0) is 38.1 Å². The van der Waals surface area contributed by atoms with Crippen LogP contribution in [0.5, 0.6) is 0 Å². The summed E-state index contributed by atoms with van der Waals surface area (Å²) in [6.45, 7) is 3.85. The fourth-order valence-electron chi connectivity index (χ4n) is 2.31. The summed E-state index contributed by atoms with van der Waals surface area (Å²) in [5, 5.41) is 6.42. The fourth-order valence-corrected chi connectivity index (χ4v) is 2.95. The molecule has 2 rings (SSSR count). The first-order chi connectivity index (χ1) is 10.9. The zero-order chi connectivity index (χ0) is 17.0. The highest BCUT2D eigenvalue weighted by Crippen LogP contribution is 2.25. The van der Waals surface area contributed by atoms with Gasteiger partial charge in [-0.15, -0.1) is 0 Å². The highest BCUT2D eigenvalue weighted by Gasteiger charge is 2.22. The Kier molecular flexibility index (Phi) is 6.31. The van der Waals surface area contributed by atoms with E-state index in [9.17, 15) is 4.79 Å². The molecule has 0 bridgehead atoms. The van der Waals surface area contributed by atoms with Crippen molar-refractivity contribution in [2.24, 2.45) is 0 Å². The smallest absolute Gasteiger partial charge is 0.282 e. The highest BCUT2D eigenvalue weighted by molar-refractivity contribution is 6.35. The maximum absolute atomic E-state index is 12.4. The summed E-state index contributed by atoms with van der Waals surface area (Å²) in [6, 6.07) is 12.3. The van der Waals surface area contributed by atoms with Gasteiger partial charge in [-0.3, -0.25) is 4.79 Å². The molecule has 6 heteroatoms. The van der Waals surface area contributed by atoms with E-state index in [1.54, 1.807) is 18.2 Å². The Labute approximate surface area is 150 Å². The Balaban J connectivity index is 2.02. The molecule has 2 aromatic rings. The molecule has 1 amide bonds. The molecule has 0 radical (unpaired) electrons. The second-order valence-electron chi connectivity index (χ2n) is 5.40. The monoisotopic (exact) mass is 371 g/mol. The number of quaternary nitrogens is 1. The lowest BCUT2D eigenvalue weighted by atomic mass is 10.1. The van der Waals surface area contributed by atoms with Gasteiger partial charge in [0.25, 0.3) is 5.91 Å². The van der Waals surface area contributed by atoms with Gasteiger partial charge in [0.15, 0.2) is 6.04 Å². The predicted molar refractivity (Wildman–Crippen MR) is 96.3 cm³/mol. The summed E-state index contributed by atoms with van der Waals surface area (Å²) in [7, 11) is 0. The molecule has 0 fully saturated rings. The van der Waals surface area contributed by atoms with E-state index in [4.69, 9.17) is 34.8 Å². The van der Waals surface area contributed by atoms with E-state index in [0.717, 1.165) is 5.56 Å². The molecular formula is C17H18Cl3N2O+. The van der Waals surface area contributed by atoms with Crippen LogP contribution in [0.25, 0.3) is 0 Å². The number of nitrogens with two attached hydrogens (primary N) is 1. The standard InChI is InChI=1S/C17H17Cl3N2O/c1-10(13-5-3-4-6-14(13)19)21-11(2)17(23)22-16-9-12(18)7-8-15(16)20/h3-11,21H,1-2H3,(H,22,23)/p+1/t10-,11-/m0/s1. The zero-order valence-corrected chi connectivity index (χ0v) is 15.1. The Bertz CT molecular complexity index is 706. The Morgan fingerprint density at radius 2 is 1.74 bits per heavy atom. The molecule has 122 valence electrons. The number of carbonyl (C=O) groups excluding carboxylic acids is 1. The van der Waals surface area contributed by atoms with Crippen molar-refractivity contribution in [3.8, 4) is 0 Å². The first-order valence-electron chi connectivity index (χ1n) is 7.24. The van der Waals surface area contributed by atoms with Gasteiger partial charge in [0.2, 0.25) is 0 Å². The largest absolute Gasteiger partial charge is 0.330 e. The molecule has 0 spiro atoms. The lowest BCUT2D eigenvalue weighted by Crippen LogP contribution is -2.91. The number of hydrogen-bond donors (Lipinski definition) is 2.